The standard InChI is InChI=1S/C12H19ClN2O/c1-9(8-16-3)15(2)11-5-4-10(7-14)12(13)6-11/h4-6,9H,7-8,14H2,1-3H3. The molecule has 0 bridgehead atoms. The van der Waals surface area contributed by atoms with E-state index in [4.69, 9.17) is 22.1 Å². The van der Waals surface area contributed by atoms with Crippen molar-refractivity contribution in [2.45, 2.75) is 19.5 Å². The fraction of sp³-hybridized carbons (Fsp3) is 0.500. The SMILES string of the molecule is COCC(C)N(C)c1ccc(CN)c(Cl)c1. The van der Waals surface area contributed by atoms with Gasteiger partial charge in [-0.3, -0.25) is 0 Å². The summed E-state index contributed by atoms with van der Waals surface area (Å²) in [7, 11) is 3.73. The van der Waals surface area contributed by atoms with E-state index in [2.05, 4.69) is 11.8 Å². The van der Waals surface area contributed by atoms with Gasteiger partial charge in [-0.05, 0) is 24.6 Å². The summed E-state index contributed by atoms with van der Waals surface area (Å²) in [5, 5.41) is 0.719. The van der Waals surface area contributed by atoms with Gasteiger partial charge in [-0.15, -0.1) is 0 Å². The van der Waals surface area contributed by atoms with Crippen molar-refractivity contribution < 1.29 is 4.74 Å². The van der Waals surface area contributed by atoms with Crippen LogP contribution >= 0.6 is 11.6 Å². The zero-order valence-corrected chi connectivity index (χ0v) is 10.8. The number of rotatable bonds is 5. The molecule has 1 rings (SSSR count). The molecule has 0 aliphatic carbocycles. The number of halogens is 1. The van der Waals surface area contributed by atoms with Crippen LogP contribution in [0.5, 0.6) is 0 Å². The van der Waals surface area contributed by atoms with Gasteiger partial charge in [0.2, 0.25) is 0 Å². The van der Waals surface area contributed by atoms with Gasteiger partial charge in [-0.25, -0.2) is 0 Å². The van der Waals surface area contributed by atoms with Crippen LogP contribution in [-0.2, 0) is 11.3 Å². The largest absolute Gasteiger partial charge is 0.383 e. The summed E-state index contributed by atoms with van der Waals surface area (Å²) in [4.78, 5) is 2.13. The third-order valence-electron chi connectivity index (χ3n) is 2.73. The van der Waals surface area contributed by atoms with Crippen LogP contribution in [0.4, 0.5) is 5.69 Å². The van der Waals surface area contributed by atoms with Crippen molar-refractivity contribution in [3.05, 3.63) is 28.8 Å². The monoisotopic (exact) mass is 242 g/mol. The Labute approximate surface area is 102 Å². The molecule has 0 aliphatic rings. The lowest BCUT2D eigenvalue weighted by Gasteiger charge is -2.26. The highest BCUT2D eigenvalue weighted by molar-refractivity contribution is 6.31. The van der Waals surface area contributed by atoms with Gasteiger partial charge in [-0.1, -0.05) is 17.7 Å². The van der Waals surface area contributed by atoms with Gasteiger partial charge in [-0.2, -0.15) is 0 Å². The van der Waals surface area contributed by atoms with Gasteiger partial charge in [0.05, 0.1) is 6.61 Å². The van der Waals surface area contributed by atoms with Crippen molar-refractivity contribution in [3.63, 3.8) is 0 Å². The van der Waals surface area contributed by atoms with Crippen molar-refractivity contribution in [1.82, 2.24) is 0 Å². The number of hydrogen-bond donors (Lipinski definition) is 1. The molecule has 1 aromatic carbocycles. The first-order valence-electron chi connectivity index (χ1n) is 5.30. The summed E-state index contributed by atoms with van der Waals surface area (Å²) in [5.41, 5.74) is 7.61. The average molecular weight is 243 g/mol. The first-order chi connectivity index (χ1) is 7.60. The summed E-state index contributed by atoms with van der Waals surface area (Å²) in [5.74, 6) is 0. The molecule has 0 fully saturated rings. The Hall–Kier alpha value is -0.770. The van der Waals surface area contributed by atoms with E-state index in [1.54, 1.807) is 7.11 Å². The Balaban J connectivity index is 2.84. The maximum atomic E-state index is 6.12. The predicted octanol–water partition coefficient (Wildman–Crippen LogP) is 2.27. The smallest absolute Gasteiger partial charge is 0.0663 e. The zero-order chi connectivity index (χ0) is 12.1. The second-order valence-corrected chi connectivity index (χ2v) is 4.30. The number of benzene rings is 1. The second-order valence-electron chi connectivity index (χ2n) is 3.90. The van der Waals surface area contributed by atoms with E-state index >= 15 is 0 Å². The first-order valence-corrected chi connectivity index (χ1v) is 5.68. The topological polar surface area (TPSA) is 38.5 Å². The molecular weight excluding hydrogens is 224 g/mol. The number of methoxy groups -OCH3 is 1. The van der Waals surface area contributed by atoms with Crippen LogP contribution in [0.2, 0.25) is 5.02 Å². The molecule has 90 valence electrons. The van der Waals surface area contributed by atoms with Gasteiger partial charge in [0.15, 0.2) is 0 Å². The molecule has 0 radical (unpaired) electrons. The molecule has 1 aromatic rings. The molecule has 4 heteroatoms. The van der Waals surface area contributed by atoms with E-state index in [0.717, 1.165) is 16.3 Å². The highest BCUT2D eigenvalue weighted by atomic mass is 35.5. The molecule has 1 unspecified atom stereocenters. The van der Waals surface area contributed by atoms with Gasteiger partial charge >= 0.3 is 0 Å². The van der Waals surface area contributed by atoms with E-state index in [1.807, 2.05) is 25.2 Å². The highest BCUT2D eigenvalue weighted by Gasteiger charge is 2.10. The molecule has 0 saturated carbocycles. The Morgan fingerprint density at radius 3 is 2.69 bits per heavy atom. The number of nitrogens with zero attached hydrogens (tertiary/aromatic N) is 1. The molecular formula is C12H19ClN2O. The van der Waals surface area contributed by atoms with E-state index in [9.17, 15) is 0 Å². The highest BCUT2D eigenvalue weighted by Crippen LogP contribution is 2.23. The van der Waals surface area contributed by atoms with Crippen molar-refractivity contribution in [2.75, 3.05) is 25.7 Å². The van der Waals surface area contributed by atoms with Crippen LogP contribution < -0.4 is 10.6 Å². The van der Waals surface area contributed by atoms with Crippen LogP contribution in [-0.4, -0.2) is 26.8 Å². The number of ether oxygens (including phenoxy) is 1. The van der Waals surface area contributed by atoms with E-state index in [1.165, 1.54) is 0 Å². The van der Waals surface area contributed by atoms with Crippen LogP contribution in [0, 0.1) is 0 Å². The third-order valence-corrected chi connectivity index (χ3v) is 3.08. The van der Waals surface area contributed by atoms with Gasteiger partial charge in [0, 0.05) is 37.5 Å². The Kier molecular flexibility index (Phi) is 5.06. The molecule has 0 aliphatic heterocycles. The van der Waals surface area contributed by atoms with Crippen LogP contribution in [0.25, 0.3) is 0 Å². The van der Waals surface area contributed by atoms with E-state index < -0.39 is 0 Å². The lowest BCUT2D eigenvalue weighted by atomic mass is 10.2. The average Bonchev–Trinajstić information content (AvgIpc) is 2.28. The molecule has 1 atom stereocenters. The molecule has 0 saturated heterocycles. The Morgan fingerprint density at radius 1 is 1.50 bits per heavy atom. The first kappa shape index (κ1) is 13.3. The third kappa shape index (κ3) is 3.11. The number of nitrogens with two attached hydrogens (primary N) is 1. The second kappa shape index (κ2) is 6.09. The van der Waals surface area contributed by atoms with Gasteiger partial charge in [0.25, 0.3) is 0 Å². The van der Waals surface area contributed by atoms with Gasteiger partial charge < -0.3 is 15.4 Å². The minimum absolute atomic E-state index is 0.310. The summed E-state index contributed by atoms with van der Waals surface area (Å²) in [6.07, 6.45) is 0. The molecule has 0 spiro atoms. The fourth-order valence-electron chi connectivity index (χ4n) is 1.53. The zero-order valence-electron chi connectivity index (χ0n) is 10.0. The molecule has 16 heavy (non-hydrogen) atoms. The lowest BCUT2D eigenvalue weighted by molar-refractivity contribution is 0.183. The van der Waals surface area contributed by atoms with Crippen molar-refractivity contribution in [2.24, 2.45) is 5.73 Å². The van der Waals surface area contributed by atoms with Crippen LogP contribution in [0.3, 0.4) is 0 Å². The maximum absolute atomic E-state index is 6.12. The summed E-state index contributed by atoms with van der Waals surface area (Å²) >= 11 is 6.12. The van der Waals surface area contributed by atoms with Crippen molar-refractivity contribution >= 4 is 17.3 Å². The van der Waals surface area contributed by atoms with Crippen LogP contribution in [0.15, 0.2) is 18.2 Å². The quantitative estimate of drug-likeness (QED) is 0.861. The summed E-state index contributed by atoms with van der Waals surface area (Å²) in [6.45, 7) is 3.26. The minimum atomic E-state index is 0.310. The minimum Gasteiger partial charge on any atom is -0.383 e. The Morgan fingerprint density at radius 2 is 2.19 bits per heavy atom. The van der Waals surface area contributed by atoms with E-state index in [0.29, 0.717) is 19.2 Å². The Bertz CT molecular complexity index is 344. The maximum Gasteiger partial charge on any atom is 0.0663 e. The fourth-order valence-corrected chi connectivity index (χ4v) is 1.78. The molecule has 3 nitrogen and oxygen atoms in total. The number of anilines is 1. The van der Waals surface area contributed by atoms with Gasteiger partial charge in [0.1, 0.15) is 0 Å². The van der Waals surface area contributed by atoms with Crippen molar-refractivity contribution in [3.8, 4) is 0 Å². The molecule has 2 N–H and O–H groups in total. The lowest BCUT2D eigenvalue weighted by Crippen LogP contribution is -2.32. The summed E-state index contributed by atoms with van der Waals surface area (Å²) in [6, 6.07) is 6.24. The number of likely N-dealkylation sites (N-methyl/N-ethyl adjacent to an activating group) is 1. The van der Waals surface area contributed by atoms with Crippen molar-refractivity contribution in [1.29, 1.82) is 0 Å². The summed E-state index contributed by atoms with van der Waals surface area (Å²) < 4.78 is 5.13. The molecule has 0 heterocycles. The molecule has 0 amide bonds. The number of hydrogen-bond acceptors (Lipinski definition) is 3. The normalized spacial score (nSPS) is 12.6. The molecule has 0 aromatic heterocycles. The van der Waals surface area contributed by atoms with Crippen LogP contribution in [0.1, 0.15) is 12.5 Å². The van der Waals surface area contributed by atoms with E-state index in [-0.39, 0.29) is 0 Å². The predicted molar refractivity (Wildman–Crippen MR) is 69.1 cm³/mol.